The Labute approximate surface area is 150 Å². The van der Waals surface area contributed by atoms with Gasteiger partial charge in [0.15, 0.2) is 0 Å². The van der Waals surface area contributed by atoms with Crippen LogP contribution in [0.5, 0.6) is 0 Å². The number of hydrogen-bond donors (Lipinski definition) is 1. The molecule has 136 valence electrons. The molecular formula is C16H22N4O4S. The number of rotatable bonds is 6. The van der Waals surface area contributed by atoms with E-state index in [4.69, 9.17) is 0 Å². The third kappa shape index (κ3) is 5.71. The molecule has 1 saturated heterocycles. The van der Waals surface area contributed by atoms with Crippen LogP contribution in [0, 0.1) is 10.1 Å². The van der Waals surface area contributed by atoms with E-state index in [1.165, 1.54) is 30.8 Å². The van der Waals surface area contributed by atoms with Crippen molar-refractivity contribution in [3.63, 3.8) is 0 Å². The molecular weight excluding hydrogens is 344 g/mol. The van der Waals surface area contributed by atoms with Gasteiger partial charge in [-0.25, -0.2) is 0 Å². The van der Waals surface area contributed by atoms with Gasteiger partial charge in [-0.2, -0.15) is 0 Å². The van der Waals surface area contributed by atoms with Crippen LogP contribution in [-0.4, -0.2) is 71.6 Å². The highest BCUT2D eigenvalue weighted by Crippen LogP contribution is 2.24. The number of hydrogen-bond acceptors (Lipinski definition) is 6. The van der Waals surface area contributed by atoms with E-state index in [9.17, 15) is 19.7 Å². The van der Waals surface area contributed by atoms with Crippen molar-refractivity contribution in [2.75, 3.05) is 39.0 Å². The molecule has 1 N–H and O–H groups in total. The van der Waals surface area contributed by atoms with Crippen LogP contribution in [0.3, 0.4) is 0 Å². The molecule has 8 nitrogen and oxygen atoms in total. The third-order valence-electron chi connectivity index (χ3n) is 3.94. The number of nitrogens with zero attached hydrogens (tertiary/aromatic N) is 3. The summed E-state index contributed by atoms with van der Waals surface area (Å²) in [5.41, 5.74) is 0.00599. The maximum Gasteiger partial charge on any atom is 0.270 e. The molecule has 0 aliphatic carbocycles. The number of non-ortho nitro benzene ring substituents is 1. The maximum absolute atomic E-state index is 12.7. The predicted molar refractivity (Wildman–Crippen MR) is 95.5 cm³/mol. The summed E-state index contributed by atoms with van der Waals surface area (Å²) in [5.74, 6) is -0.0558. The number of piperazine rings is 1. The van der Waals surface area contributed by atoms with Crippen molar-refractivity contribution in [1.29, 1.82) is 0 Å². The van der Waals surface area contributed by atoms with E-state index in [1.807, 2.05) is 7.05 Å². The molecule has 0 aromatic heterocycles. The van der Waals surface area contributed by atoms with Gasteiger partial charge in [-0.1, -0.05) is 6.07 Å². The first-order valence-corrected chi connectivity index (χ1v) is 8.97. The number of nitro benzene ring substituents is 1. The first kappa shape index (κ1) is 19.2. The van der Waals surface area contributed by atoms with Crippen LogP contribution in [0.2, 0.25) is 0 Å². The Morgan fingerprint density at radius 2 is 2.00 bits per heavy atom. The molecule has 1 aromatic carbocycles. The van der Waals surface area contributed by atoms with Gasteiger partial charge in [0.2, 0.25) is 11.8 Å². The summed E-state index contributed by atoms with van der Waals surface area (Å²) < 4.78 is 0. The van der Waals surface area contributed by atoms with Crippen LogP contribution in [-0.2, 0) is 9.59 Å². The van der Waals surface area contributed by atoms with Gasteiger partial charge < -0.3 is 15.1 Å². The highest BCUT2D eigenvalue weighted by molar-refractivity contribution is 7.99. The van der Waals surface area contributed by atoms with Gasteiger partial charge in [0.25, 0.3) is 5.69 Å². The van der Waals surface area contributed by atoms with Crippen molar-refractivity contribution < 1.29 is 14.5 Å². The molecule has 1 aromatic rings. The molecule has 25 heavy (non-hydrogen) atoms. The standard InChI is InChI=1S/C16H22N4O4S/c1-12(21)17-15(16(22)19-8-6-18(2)7-9-19)11-25-14-5-3-4-13(10-14)20(23)24/h3-5,10,15H,6-9,11H2,1-2H3,(H,17,21). The molecule has 2 rings (SSSR count). The first-order chi connectivity index (χ1) is 11.9. The lowest BCUT2D eigenvalue weighted by molar-refractivity contribution is -0.385. The van der Waals surface area contributed by atoms with Crippen molar-refractivity contribution in [1.82, 2.24) is 15.1 Å². The van der Waals surface area contributed by atoms with Crippen LogP contribution in [0.1, 0.15) is 6.92 Å². The number of benzene rings is 1. The Balaban J connectivity index is 2.02. The lowest BCUT2D eigenvalue weighted by Crippen LogP contribution is -2.54. The fraction of sp³-hybridized carbons (Fsp3) is 0.500. The molecule has 0 bridgehead atoms. The van der Waals surface area contributed by atoms with Crippen LogP contribution in [0.4, 0.5) is 5.69 Å². The molecule has 0 saturated carbocycles. The monoisotopic (exact) mass is 366 g/mol. The largest absolute Gasteiger partial charge is 0.344 e. The van der Waals surface area contributed by atoms with E-state index in [1.54, 1.807) is 17.0 Å². The van der Waals surface area contributed by atoms with Gasteiger partial charge in [0, 0.05) is 55.9 Å². The Kier molecular flexibility index (Phi) is 6.77. The maximum atomic E-state index is 12.7. The lowest BCUT2D eigenvalue weighted by Gasteiger charge is -2.34. The lowest BCUT2D eigenvalue weighted by atomic mass is 10.2. The van der Waals surface area contributed by atoms with Crippen molar-refractivity contribution in [3.8, 4) is 0 Å². The minimum Gasteiger partial charge on any atom is -0.344 e. The first-order valence-electron chi connectivity index (χ1n) is 7.98. The van der Waals surface area contributed by atoms with Gasteiger partial charge >= 0.3 is 0 Å². The van der Waals surface area contributed by atoms with Crippen molar-refractivity contribution in [3.05, 3.63) is 34.4 Å². The molecule has 0 spiro atoms. The molecule has 1 atom stereocenters. The van der Waals surface area contributed by atoms with Crippen molar-refractivity contribution in [2.24, 2.45) is 0 Å². The van der Waals surface area contributed by atoms with E-state index in [-0.39, 0.29) is 17.5 Å². The van der Waals surface area contributed by atoms with E-state index >= 15 is 0 Å². The van der Waals surface area contributed by atoms with E-state index in [2.05, 4.69) is 10.2 Å². The zero-order chi connectivity index (χ0) is 18.4. The molecule has 9 heteroatoms. The number of carbonyl (C=O) groups is 2. The summed E-state index contributed by atoms with van der Waals surface area (Å²) in [7, 11) is 2.01. The third-order valence-corrected chi connectivity index (χ3v) is 5.02. The van der Waals surface area contributed by atoms with Gasteiger partial charge in [-0.3, -0.25) is 19.7 Å². The second-order valence-corrected chi connectivity index (χ2v) is 7.04. The number of amides is 2. The Bertz CT molecular complexity index is 647. The van der Waals surface area contributed by atoms with Crippen LogP contribution in [0.15, 0.2) is 29.2 Å². The Hall–Kier alpha value is -2.13. The van der Waals surface area contributed by atoms with Crippen molar-refractivity contribution >= 4 is 29.3 Å². The fourth-order valence-electron chi connectivity index (χ4n) is 2.53. The SMILES string of the molecule is CC(=O)NC(CSc1cccc([N+](=O)[O-])c1)C(=O)N1CCN(C)CC1. The van der Waals surface area contributed by atoms with Crippen LogP contribution in [0.25, 0.3) is 0 Å². The Morgan fingerprint density at radius 3 is 2.60 bits per heavy atom. The topological polar surface area (TPSA) is 95.8 Å². The summed E-state index contributed by atoms with van der Waals surface area (Å²) in [6.07, 6.45) is 0. The normalized spacial score (nSPS) is 16.3. The predicted octanol–water partition coefficient (Wildman–Crippen LogP) is 0.966. The van der Waals surface area contributed by atoms with E-state index in [0.29, 0.717) is 23.7 Å². The summed E-state index contributed by atoms with van der Waals surface area (Å²) >= 11 is 1.32. The second kappa shape index (κ2) is 8.82. The zero-order valence-corrected chi connectivity index (χ0v) is 15.1. The average molecular weight is 366 g/mol. The highest BCUT2D eigenvalue weighted by Gasteiger charge is 2.27. The Morgan fingerprint density at radius 1 is 1.32 bits per heavy atom. The minimum absolute atomic E-state index is 0.00599. The molecule has 1 unspecified atom stereocenters. The number of carbonyl (C=O) groups excluding carboxylic acids is 2. The molecule has 1 fully saturated rings. The number of thioether (sulfide) groups is 1. The molecule has 2 amide bonds. The minimum atomic E-state index is -0.648. The van der Waals surface area contributed by atoms with Crippen molar-refractivity contribution in [2.45, 2.75) is 17.9 Å². The van der Waals surface area contributed by atoms with Crippen LogP contribution >= 0.6 is 11.8 Å². The summed E-state index contributed by atoms with van der Waals surface area (Å²) in [6, 6.07) is 5.60. The van der Waals surface area contributed by atoms with E-state index < -0.39 is 11.0 Å². The summed E-state index contributed by atoms with van der Waals surface area (Å²) in [6.45, 7) is 4.25. The number of nitro groups is 1. The smallest absolute Gasteiger partial charge is 0.270 e. The number of likely N-dealkylation sites (N-methyl/N-ethyl adjacent to an activating group) is 1. The quantitative estimate of drug-likeness (QED) is 0.458. The summed E-state index contributed by atoms with van der Waals surface area (Å²) in [5, 5.41) is 13.5. The van der Waals surface area contributed by atoms with Gasteiger partial charge in [0.05, 0.1) is 4.92 Å². The number of nitrogens with one attached hydrogen (secondary N) is 1. The van der Waals surface area contributed by atoms with Gasteiger partial charge in [-0.05, 0) is 13.1 Å². The second-order valence-electron chi connectivity index (χ2n) is 5.95. The average Bonchev–Trinajstić information content (AvgIpc) is 2.58. The zero-order valence-electron chi connectivity index (χ0n) is 14.3. The van der Waals surface area contributed by atoms with Crippen LogP contribution < -0.4 is 5.32 Å². The summed E-state index contributed by atoms with van der Waals surface area (Å²) in [4.78, 5) is 39.2. The molecule has 1 aliphatic rings. The van der Waals surface area contributed by atoms with Gasteiger partial charge in [-0.15, -0.1) is 11.8 Å². The van der Waals surface area contributed by atoms with Gasteiger partial charge in [0.1, 0.15) is 6.04 Å². The molecule has 0 radical (unpaired) electrons. The van der Waals surface area contributed by atoms with E-state index in [0.717, 1.165) is 13.1 Å². The molecule has 1 aliphatic heterocycles. The highest BCUT2D eigenvalue weighted by atomic mass is 32.2. The molecule has 1 heterocycles. The fourth-order valence-corrected chi connectivity index (χ4v) is 3.50.